The Bertz CT molecular complexity index is 1080. The minimum absolute atomic E-state index is 0.157. The lowest BCUT2D eigenvalue weighted by atomic mass is 9.96. The molecule has 4 rings (SSSR count). The van der Waals surface area contributed by atoms with Crippen LogP contribution < -0.4 is 10.6 Å². The van der Waals surface area contributed by atoms with Crippen LogP contribution in [0.4, 0.5) is 11.7 Å². The number of anilines is 2. The second kappa shape index (κ2) is 6.34. The summed E-state index contributed by atoms with van der Waals surface area (Å²) in [6.07, 6.45) is 4.28. The van der Waals surface area contributed by atoms with Gasteiger partial charge in [0.1, 0.15) is 23.7 Å². The monoisotopic (exact) mass is 357 g/mol. The lowest BCUT2D eigenvalue weighted by molar-refractivity contribution is 0.548. The molecular weight excluding hydrogens is 338 g/mol. The third-order valence-electron chi connectivity index (χ3n) is 5.30. The Morgan fingerprint density at radius 3 is 2.59 bits per heavy atom. The van der Waals surface area contributed by atoms with Crippen LogP contribution in [0.2, 0.25) is 0 Å². The molecule has 6 nitrogen and oxygen atoms in total. The van der Waals surface area contributed by atoms with E-state index in [1.54, 1.807) is 0 Å². The molecule has 1 saturated heterocycles. The standard InChI is InChI=1S/C21H19N5O/c1-12-15(9-14-5-6-18(27-14)26-7-3-4-8-26)19-13(2)17(11-23)21(24)25-20(19)16(12)10-22/h5-6,9H,3-4,7-8H2,1-2H3,(H2,24,25)/b15-9-. The van der Waals surface area contributed by atoms with Gasteiger partial charge in [0.05, 0.1) is 16.8 Å². The first kappa shape index (κ1) is 16.9. The van der Waals surface area contributed by atoms with E-state index < -0.39 is 0 Å². The van der Waals surface area contributed by atoms with Gasteiger partial charge >= 0.3 is 0 Å². The van der Waals surface area contributed by atoms with E-state index in [2.05, 4.69) is 22.0 Å². The Morgan fingerprint density at radius 2 is 1.93 bits per heavy atom. The van der Waals surface area contributed by atoms with E-state index in [1.807, 2.05) is 32.1 Å². The second-order valence-corrected chi connectivity index (χ2v) is 6.87. The van der Waals surface area contributed by atoms with Crippen LogP contribution in [-0.2, 0) is 0 Å². The van der Waals surface area contributed by atoms with Gasteiger partial charge in [-0.05, 0) is 55.5 Å². The number of furan rings is 1. The number of aromatic nitrogens is 1. The van der Waals surface area contributed by atoms with Gasteiger partial charge < -0.3 is 15.1 Å². The molecule has 0 atom stereocenters. The topological polar surface area (TPSA) is 103 Å². The first-order valence-electron chi connectivity index (χ1n) is 8.94. The molecule has 27 heavy (non-hydrogen) atoms. The summed E-state index contributed by atoms with van der Waals surface area (Å²) in [6, 6.07) is 8.26. The van der Waals surface area contributed by atoms with Gasteiger partial charge in [0, 0.05) is 24.7 Å². The molecule has 0 amide bonds. The summed E-state index contributed by atoms with van der Waals surface area (Å²) in [4.78, 5) is 6.57. The third-order valence-corrected chi connectivity index (χ3v) is 5.30. The predicted octanol–water partition coefficient (Wildman–Crippen LogP) is 3.89. The van der Waals surface area contributed by atoms with E-state index in [0.717, 1.165) is 41.2 Å². The van der Waals surface area contributed by atoms with E-state index in [0.29, 0.717) is 22.6 Å². The van der Waals surface area contributed by atoms with Crippen molar-refractivity contribution in [2.75, 3.05) is 23.7 Å². The molecule has 2 aromatic heterocycles. The maximum absolute atomic E-state index is 9.61. The fraction of sp³-hybridized carbons (Fsp3) is 0.286. The van der Waals surface area contributed by atoms with E-state index in [-0.39, 0.29) is 5.82 Å². The molecule has 0 bridgehead atoms. The molecule has 1 fully saturated rings. The third kappa shape index (κ3) is 2.58. The van der Waals surface area contributed by atoms with E-state index in [9.17, 15) is 10.5 Å². The van der Waals surface area contributed by atoms with Crippen molar-refractivity contribution >= 4 is 28.9 Å². The fourth-order valence-corrected chi connectivity index (χ4v) is 3.87. The summed E-state index contributed by atoms with van der Waals surface area (Å²) in [5.41, 5.74) is 10.5. The lowest BCUT2D eigenvalue weighted by Crippen LogP contribution is -2.16. The number of hydrogen-bond acceptors (Lipinski definition) is 6. The van der Waals surface area contributed by atoms with E-state index in [4.69, 9.17) is 10.2 Å². The highest BCUT2D eigenvalue weighted by molar-refractivity contribution is 6.08. The van der Waals surface area contributed by atoms with Gasteiger partial charge in [-0.2, -0.15) is 10.5 Å². The number of fused-ring (bicyclic) bond motifs is 1. The minimum Gasteiger partial charge on any atom is -0.441 e. The Hall–Kier alpha value is -3.51. The number of nitrogen functional groups attached to an aromatic ring is 1. The van der Waals surface area contributed by atoms with Crippen LogP contribution in [0.5, 0.6) is 0 Å². The zero-order valence-corrected chi connectivity index (χ0v) is 15.3. The van der Waals surface area contributed by atoms with Crippen molar-refractivity contribution in [1.29, 1.82) is 10.5 Å². The molecule has 2 aromatic rings. The molecular formula is C21H19N5O. The molecule has 0 spiro atoms. The maximum atomic E-state index is 9.61. The summed E-state index contributed by atoms with van der Waals surface area (Å²) >= 11 is 0. The van der Waals surface area contributed by atoms with Gasteiger partial charge in [-0.1, -0.05) is 0 Å². The summed E-state index contributed by atoms with van der Waals surface area (Å²) in [6.45, 7) is 5.75. The molecule has 3 heterocycles. The average molecular weight is 357 g/mol. The van der Waals surface area contributed by atoms with Crippen molar-refractivity contribution in [2.24, 2.45) is 0 Å². The van der Waals surface area contributed by atoms with Crippen molar-refractivity contribution in [2.45, 2.75) is 26.7 Å². The molecule has 0 aromatic carbocycles. The van der Waals surface area contributed by atoms with Crippen LogP contribution in [0, 0.1) is 29.6 Å². The molecule has 6 heteroatoms. The molecule has 1 aliphatic heterocycles. The number of rotatable bonds is 2. The van der Waals surface area contributed by atoms with Gasteiger partial charge in [0.25, 0.3) is 0 Å². The van der Waals surface area contributed by atoms with E-state index >= 15 is 0 Å². The first-order chi connectivity index (χ1) is 13.0. The van der Waals surface area contributed by atoms with E-state index in [1.165, 1.54) is 12.8 Å². The fourth-order valence-electron chi connectivity index (χ4n) is 3.87. The van der Waals surface area contributed by atoms with Crippen molar-refractivity contribution in [3.8, 4) is 12.1 Å². The molecule has 134 valence electrons. The summed E-state index contributed by atoms with van der Waals surface area (Å²) in [5, 5.41) is 19.0. The van der Waals surface area contributed by atoms with Gasteiger partial charge in [0.2, 0.25) is 0 Å². The van der Waals surface area contributed by atoms with Crippen LogP contribution in [0.25, 0.3) is 17.2 Å². The SMILES string of the molecule is CC1=C(C#N)c2nc(N)c(C#N)c(C)c2/C1=C\c1ccc(N2CCCC2)o1. The molecule has 2 aliphatic rings. The Kier molecular flexibility index (Phi) is 3.97. The van der Waals surface area contributed by atoms with Crippen LogP contribution in [-0.4, -0.2) is 18.1 Å². The number of nitrogens with zero attached hydrogens (tertiary/aromatic N) is 4. The summed E-state index contributed by atoms with van der Waals surface area (Å²) in [5.74, 6) is 1.74. The summed E-state index contributed by atoms with van der Waals surface area (Å²) in [7, 11) is 0. The number of nitrogens with two attached hydrogens (primary N) is 1. The van der Waals surface area contributed by atoms with Crippen molar-refractivity contribution < 1.29 is 4.42 Å². The van der Waals surface area contributed by atoms with Gasteiger partial charge in [-0.15, -0.1) is 0 Å². The number of nitriles is 2. The Labute approximate surface area is 157 Å². The molecule has 1 aliphatic carbocycles. The molecule has 2 N–H and O–H groups in total. The number of pyridine rings is 1. The van der Waals surface area contributed by atoms with Crippen molar-refractivity contribution in [3.63, 3.8) is 0 Å². The van der Waals surface area contributed by atoms with Crippen molar-refractivity contribution in [1.82, 2.24) is 4.98 Å². The van der Waals surface area contributed by atoms with Gasteiger partial charge in [-0.25, -0.2) is 4.98 Å². The van der Waals surface area contributed by atoms with Gasteiger partial charge in [0.15, 0.2) is 5.88 Å². The maximum Gasteiger partial charge on any atom is 0.196 e. The molecule has 0 saturated carbocycles. The Balaban J connectivity index is 1.85. The molecule has 0 unspecified atom stereocenters. The Morgan fingerprint density at radius 1 is 1.19 bits per heavy atom. The minimum atomic E-state index is 0.157. The van der Waals surface area contributed by atoms with Crippen LogP contribution in [0.15, 0.2) is 22.1 Å². The lowest BCUT2D eigenvalue weighted by Gasteiger charge is -2.13. The summed E-state index contributed by atoms with van der Waals surface area (Å²) < 4.78 is 6.02. The van der Waals surface area contributed by atoms with Crippen LogP contribution in [0.3, 0.4) is 0 Å². The van der Waals surface area contributed by atoms with Crippen LogP contribution >= 0.6 is 0 Å². The highest BCUT2D eigenvalue weighted by atomic mass is 16.4. The van der Waals surface area contributed by atoms with Gasteiger partial charge in [-0.3, -0.25) is 0 Å². The van der Waals surface area contributed by atoms with Crippen LogP contribution in [0.1, 0.15) is 47.9 Å². The largest absolute Gasteiger partial charge is 0.441 e. The first-order valence-corrected chi connectivity index (χ1v) is 8.94. The average Bonchev–Trinajstić information content (AvgIpc) is 3.36. The highest BCUT2D eigenvalue weighted by Gasteiger charge is 2.30. The zero-order chi connectivity index (χ0) is 19.1. The van der Waals surface area contributed by atoms with Crippen molar-refractivity contribution in [3.05, 3.63) is 45.9 Å². The highest BCUT2D eigenvalue weighted by Crippen LogP contribution is 2.44. The quantitative estimate of drug-likeness (QED) is 0.874. The second-order valence-electron chi connectivity index (χ2n) is 6.87. The normalized spacial score (nSPS) is 17.3. The smallest absolute Gasteiger partial charge is 0.196 e. The zero-order valence-electron chi connectivity index (χ0n) is 15.3. The predicted molar refractivity (Wildman–Crippen MR) is 104 cm³/mol. The molecule has 0 radical (unpaired) electrons. The number of hydrogen-bond donors (Lipinski definition) is 1. The number of allylic oxidation sites excluding steroid dienone is 3.